The predicted molar refractivity (Wildman–Crippen MR) is 115 cm³/mol. The Labute approximate surface area is 168 Å². The Kier molecular flexibility index (Phi) is 6.57. The molecule has 3 rings (SSSR count). The smallest absolute Gasteiger partial charge is 0.241 e. The summed E-state index contributed by atoms with van der Waals surface area (Å²) < 4.78 is 0. The van der Waals surface area contributed by atoms with E-state index in [2.05, 4.69) is 35.0 Å². The molecule has 0 spiro atoms. The number of hydrogen-bond donors (Lipinski definition) is 2. The largest absolute Gasteiger partial charge is 0.506 e. The molecule has 0 unspecified atom stereocenters. The zero-order chi connectivity index (χ0) is 20.1. The van der Waals surface area contributed by atoms with E-state index in [0.29, 0.717) is 11.7 Å². The van der Waals surface area contributed by atoms with Gasteiger partial charge in [-0.15, -0.1) is 0 Å². The number of nitrogens with one attached hydrogen (secondary N) is 1. The molecule has 2 N–H and O–H groups in total. The zero-order valence-corrected chi connectivity index (χ0v) is 17.1. The number of amides is 1. The van der Waals surface area contributed by atoms with Crippen molar-refractivity contribution in [1.82, 2.24) is 4.90 Å². The van der Waals surface area contributed by atoms with E-state index in [9.17, 15) is 9.90 Å². The van der Waals surface area contributed by atoms with Gasteiger partial charge in [0.2, 0.25) is 5.91 Å². The number of piperazine rings is 1. The van der Waals surface area contributed by atoms with E-state index < -0.39 is 0 Å². The molecule has 5 nitrogen and oxygen atoms in total. The summed E-state index contributed by atoms with van der Waals surface area (Å²) in [6.45, 7) is 9.47. The van der Waals surface area contributed by atoms with E-state index in [4.69, 9.17) is 0 Å². The molecular weight excluding hydrogens is 350 g/mol. The number of para-hydroxylation sites is 3. The number of aromatic hydroxyl groups is 1. The Morgan fingerprint density at radius 3 is 2.36 bits per heavy atom. The van der Waals surface area contributed by atoms with Crippen molar-refractivity contribution < 1.29 is 9.90 Å². The number of nitrogens with zero attached hydrogens (tertiary/aromatic N) is 2. The standard InChI is InChI=1S/C23H31N3O2/c1-4-17(2)19-9-5-6-10-20(19)24-23(28)18(3)25-13-15-26(16-14-25)21-11-7-8-12-22(21)27/h5-12,17-18,27H,4,13-16H2,1-3H3,(H,24,28)/t17-,18-/m0/s1. The van der Waals surface area contributed by atoms with Crippen LogP contribution in [0.15, 0.2) is 48.5 Å². The SMILES string of the molecule is CC[C@H](C)c1ccccc1NC(=O)[C@H](C)N1CCN(c2ccccc2O)CC1. The first-order valence-electron chi connectivity index (χ1n) is 10.2. The Morgan fingerprint density at radius 2 is 1.68 bits per heavy atom. The van der Waals surface area contributed by atoms with Crippen LogP contribution in [0.1, 0.15) is 38.7 Å². The summed E-state index contributed by atoms with van der Waals surface area (Å²) in [4.78, 5) is 17.3. The van der Waals surface area contributed by atoms with Gasteiger partial charge in [-0.2, -0.15) is 0 Å². The lowest BCUT2D eigenvalue weighted by Gasteiger charge is -2.38. The van der Waals surface area contributed by atoms with E-state index in [1.165, 1.54) is 5.56 Å². The molecule has 0 saturated carbocycles. The van der Waals surface area contributed by atoms with Crippen LogP contribution < -0.4 is 10.2 Å². The molecule has 0 bridgehead atoms. The minimum Gasteiger partial charge on any atom is -0.506 e. The zero-order valence-electron chi connectivity index (χ0n) is 17.1. The second-order valence-corrected chi connectivity index (χ2v) is 7.57. The van der Waals surface area contributed by atoms with Crippen LogP contribution in [-0.4, -0.2) is 48.1 Å². The van der Waals surface area contributed by atoms with Crippen LogP contribution in [0.2, 0.25) is 0 Å². The van der Waals surface area contributed by atoms with Crippen LogP contribution in [-0.2, 0) is 4.79 Å². The third-order valence-electron chi connectivity index (χ3n) is 5.83. The quantitative estimate of drug-likeness (QED) is 0.792. The molecule has 0 aromatic heterocycles. The first kappa shape index (κ1) is 20.2. The van der Waals surface area contributed by atoms with Gasteiger partial charge in [-0.1, -0.05) is 44.2 Å². The molecule has 0 aliphatic carbocycles. The molecule has 0 radical (unpaired) electrons. The Bertz CT molecular complexity index is 800. The van der Waals surface area contributed by atoms with E-state index in [-0.39, 0.29) is 11.9 Å². The molecule has 1 aliphatic heterocycles. The second kappa shape index (κ2) is 9.11. The van der Waals surface area contributed by atoms with Crippen LogP contribution >= 0.6 is 0 Å². The van der Waals surface area contributed by atoms with Crippen LogP contribution in [0, 0.1) is 0 Å². The lowest BCUT2D eigenvalue weighted by Crippen LogP contribution is -2.52. The van der Waals surface area contributed by atoms with Gasteiger partial charge < -0.3 is 15.3 Å². The molecule has 1 aliphatic rings. The Balaban J connectivity index is 1.60. The number of phenols is 1. The van der Waals surface area contributed by atoms with Gasteiger partial charge in [-0.25, -0.2) is 0 Å². The molecule has 1 saturated heterocycles. The molecule has 150 valence electrons. The van der Waals surface area contributed by atoms with Crippen LogP contribution in [0.4, 0.5) is 11.4 Å². The fourth-order valence-corrected chi connectivity index (χ4v) is 3.75. The van der Waals surface area contributed by atoms with Gasteiger partial charge in [-0.05, 0) is 43.0 Å². The number of carbonyl (C=O) groups excluding carboxylic acids is 1. The van der Waals surface area contributed by atoms with E-state index in [0.717, 1.165) is 44.0 Å². The van der Waals surface area contributed by atoms with Crippen molar-refractivity contribution in [2.24, 2.45) is 0 Å². The van der Waals surface area contributed by atoms with Gasteiger partial charge in [0.1, 0.15) is 5.75 Å². The van der Waals surface area contributed by atoms with Crippen molar-refractivity contribution in [3.8, 4) is 5.75 Å². The summed E-state index contributed by atoms with van der Waals surface area (Å²) in [5.41, 5.74) is 2.97. The van der Waals surface area contributed by atoms with Crippen molar-refractivity contribution >= 4 is 17.3 Å². The molecule has 2 atom stereocenters. The first-order valence-corrected chi connectivity index (χ1v) is 10.2. The second-order valence-electron chi connectivity index (χ2n) is 7.57. The number of benzene rings is 2. The van der Waals surface area contributed by atoms with E-state index >= 15 is 0 Å². The summed E-state index contributed by atoms with van der Waals surface area (Å²) in [5, 5.41) is 13.2. The average molecular weight is 382 g/mol. The third kappa shape index (κ3) is 4.47. The molecule has 2 aromatic carbocycles. The van der Waals surface area contributed by atoms with Crippen LogP contribution in [0.25, 0.3) is 0 Å². The summed E-state index contributed by atoms with van der Waals surface area (Å²) in [6, 6.07) is 15.3. The van der Waals surface area contributed by atoms with Crippen molar-refractivity contribution in [3.63, 3.8) is 0 Å². The lowest BCUT2D eigenvalue weighted by atomic mass is 9.97. The molecule has 1 amide bonds. The van der Waals surface area contributed by atoms with Crippen LogP contribution in [0.3, 0.4) is 0 Å². The summed E-state index contributed by atoms with van der Waals surface area (Å²) >= 11 is 0. The van der Waals surface area contributed by atoms with Gasteiger partial charge in [0.05, 0.1) is 11.7 Å². The number of anilines is 2. The molecule has 2 aromatic rings. The van der Waals surface area contributed by atoms with Gasteiger partial charge in [-0.3, -0.25) is 9.69 Å². The number of phenolic OH excluding ortho intramolecular Hbond substituents is 1. The van der Waals surface area contributed by atoms with Gasteiger partial charge in [0.25, 0.3) is 0 Å². The monoisotopic (exact) mass is 381 g/mol. The third-order valence-corrected chi connectivity index (χ3v) is 5.83. The Morgan fingerprint density at radius 1 is 1.04 bits per heavy atom. The van der Waals surface area contributed by atoms with Crippen molar-refractivity contribution in [1.29, 1.82) is 0 Å². The summed E-state index contributed by atoms with van der Waals surface area (Å²) in [7, 11) is 0. The van der Waals surface area contributed by atoms with Gasteiger partial charge >= 0.3 is 0 Å². The van der Waals surface area contributed by atoms with E-state index in [1.807, 2.05) is 43.3 Å². The highest BCUT2D eigenvalue weighted by Gasteiger charge is 2.27. The average Bonchev–Trinajstić information content (AvgIpc) is 2.73. The van der Waals surface area contributed by atoms with Crippen LogP contribution in [0.5, 0.6) is 5.75 Å². The minimum atomic E-state index is -0.198. The fourth-order valence-electron chi connectivity index (χ4n) is 3.75. The number of carbonyl (C=O) groups is 1. The molecule has 1 heterocycles. The maximum atomic E-state index is 12.9. The highest BCUT2D eigenvalue weighted by atomic mass is 16.3. The normalized spacial score (nSPS) is 17.2. The Hall–Kier alpha value is -2.53. The maximum Gasteiger partial charge on any atom is 0.241 e. The summed E-state index contributed by atoms with van der Waals surface area (Å²) in [5.74, 6) is 0.754. The topological polar surface area (TPSA) is 55.8 Å². The highest BCUT2D eigenvalue weighted by Crippen LogP contribution is 2.28. The molecule has 5 heteroatoms. The molecule has 28 heavy (non-hydrogen) atoms. The van der Waals surface area contributed by atoms with Crippen molar-refractivity contribution in [2.75, 3.05) is 36.4 Å². The molecular formula is C23H31N3O2. The fraction of sp³-hybridized carbons (Fsp3) is 0.435. The minimum absolute atomic E-state index is 0.0340. The van der Waals surface area contributed by atoms with E-state index in [1.54, 1.807) is 6.07 Å². The maximum absolute atomic E-state index is 12.9. The first-order chi connectivity index (χ1) is 13.5. The number of hydrogen-bond acceptors (Lipinski definition) is 4. The molecule has 1 fully saturated rings. The van der Waals surface area contributed by atoms with Crippen molar-refractivity contribution in [3.05, 3.63) is 54.1 Å². The number of rotatable bonds is 6. The van der Waals surface area contributed by atoms with Gasteiger partial charge in [0, 0.05) is 31.9 Å². The summed E-state index contributed by atoms with van der Waals surface area (Å²) in [6.07, 6.45) is 1.04. The lowest BCUT2D eigenvalue weighted by molar-refractivity contribution is -0.120. The van der Waals surface area contributed by atoms with Crippen molar-refractivity contribution in [2.45, 2.75) is 39.2 Å². The van der Waals surface area contributed by atoms with Gasteiger partial charge in [0.15, 0.2) is 0 Å². The predicted octanol–water partition coefficient (Wildman–Crippen LogP) is 4.05. The highest BCUT2D eigenvalue weighted by molar-refractivity contribution is 5.95.